The summed E-state index contributed by atoms with van der Waals surface area (Å²) in [5, 5.41) is 10.1. The van der Waals surface area contributed by atoms with E-state index < -0.39 is 17.2 Å². The molecule has 26 heavy (non-hydrogen) atoms. The van der Waals surface area contributed by atoms with Gasteiger partial charge in [-0.25, -0.2) is 9.18 Å². The molecule has 1 aromatic carbocycles. The number of likely N-dealkylation sites (N-methyl/N-ethyl adjacent to an activating group) is 1. The Hall–Kier alpha value is -2.06. The lowest BCUT2D eigenvalue weighted by Crippen LogP contribution is -2.44. The highest BCUT2D eigenvalue weighted by Gasteiger charge is 2.30. The van der Waals surface area contributed by atoms with Gasteiger partial charge in [0.25, 0.3) is 0 Å². The van der Waals surface area contributed by atoms with Crippen LogP contribution in [0.3, 0.4) is 0 Å². The van der Waals surface area contributed by atoms with Crippen LogP contribution in [0.4, 0.5) is 10.1 Å². The van der Waals surface area contributed by atoms with E-state index >= 15 is 0 Å². The third-order valence-electron chi connectivity index (χ3n) is 5.19. The molecule has 1 N–H and O–H groups in total. The number of rotatable bonds is 2. The van der Waals surface area contributed by atoms with Gasteiger partial charge in [-0.05, 0) is 26.1 Å². The normalized spacial score (nSPS) is 20.6. The van der Waals surface area contributed by atoms with Crippen molar-refractivity contribution in [2.24, 2.45) is 0 Å². The molecule has 1 fully saturated rings. The summed E-state index contributed by atoms with van der Waals surface area (Å²) in [4.78, 5) is 28.5. The minimum absolute atomic E-state index is 0.0435. The van der Waals surface area contributed by atoms with Crippen molar-refractivity contribution in [3.05, 3.63) is 33.7 Å². The summed E-state index contributed by atoms with van der Waals surface area (Å²) in [6, 6.07) is 2.97. The number of hydrogen-bond acceptors (Lipinski definition) is 5. The van der Waals surface area contributed by atoms with E-state index in [0.717, 1.165) is 13.1 Å². The van der Waals surface area contributed by atoms with Crippen LogP contribution in [0.1, 0.15) is 23.3 Å². The van der Waals surface area contributed by atoms with Crippen molar-refractivity contribution in [1.29, 1.82) is 0 Å². The van der Waals surface area contributed by atoms with Gasteiger partial charge in [0.1, 0.15) is 11.4 Å². The monoisotopic (exact) mass is 377 g/mol. The van der Waals surface area contributed by atoms with E-state index in [1.165, 1.54) is 17.8 Å². The minimum Gasteiger partial charge on any atom is -0.477 e. The number of halogens is 1. The average Bonchev–Trinajstić information content (AvgIpc) is 2.97. The Morgan fingerprint density at radius 1 is 1.27 bits per heavy atom. The lowest BCUT2D eigenvalue weighted by Gasteiger charge is -2.34. The van der Waals surface area contributed by atoms with Crippen molar-refractivity contribution in [2.45, 2.75) is 18.0 Å². The second-order valence-corrected chi connectivity index (χ2v) is 7.96. The molecule has 0 radical (unpaired) electrons. The average molecular weight is 377 g/mol. The summed E-state index contributed by atoms with van der Waals surface area (Å²) >= 11 is 1.37. The number of carbonyl (C=O) groups is 1. The fourth-order valence-electron chi connectivity index (χ4n) is 3.73. The SMILES string of the molecule is CC1CSc2c(C(=O)O)c(=O)c3cc(F)c(N4CCN(C)CC4)cc3n21. The third kappa shape index (κ3) is 2.59. The lowest BCUT2D eigenvalue weighted by molar-refractivity contribution is 0.0690. The predicted octanol–water partition coefficient (Wildman–Crippen LogP) is 2.26. The largest absolute Gasteiger partial charge is 0.477 e. The topological polar surface area (TPSA) is 65.8 Å². The predicted molar refractivity (Wildman–Crippen MR) is 100 cm³/mol. The van der Waals surface area contributed by atoms with Gasteiger partial charge >= 0.3 is 5.97 Å². The van der Waals surface area contributed by atoms with Crippen LogP contribution in [-0.2, 0) is 0 Å². The van der Waals surface area contributed by atoms with Crippen LogP contribution >= 0.6 is 11.8 Å². The number of aromatic nitrogens is 1. The summed E-state index contributed by atoms with van der Waals surface area (Å²) in [5.74, 6) is -1.04. The second kappa shape index (κ2) is 6.28. The van der Waals surface area contributed by atoms with Crippen molar-refractivity contribution in [3.8, 4) is 0 Å². The van der Waals surface area contributed by atoms with Gasteiger partial charge in [-0.3, -0.25) is 4.79 Å². The molecule has 2 aromatic rings. The minimum atomic E-state index is -1.26. The van der Waals surface area contributed by atoms with E-state index in [0.29, 0.717) is 35.1 Å². The van der Waals surface area contributed by atoms with Crippen molar-refractivity contribution in [2.75, 3.05) is 43.9 Å². The van der Waals surface area contributed by atoms with Crippen LogP contribution in [0.15, 0.2) is 22.0 Å². The zero-order valence-corrected chi connectivity index (χ0v) is 15.5. The highest BCUT2D eigenvalue weighted by Crippen LogP contribution is 2.39. The van der Waals surface area contributed by atoms with E-state index in [4.69, 9.17) is 0 Å². The van der Waals surface area contributed by atoms with Gasteiger partial charge in [0.15, 0.2) is 0 Å². The van der Waals surface area contributed by atoms with Crippen molar-refractivity contribution in [3.63, 3.8) is 0 Å². The Balaban J connectivity index is 1.96. The number of carboxylic acids is 1. The van der Waals surface area contributed by atoms with Gasteiger partial charge in [-0.2, -0.15) is 0 Å². The molecule has 138 valence electrons. The summed E-state index contributed by atoms with van der Waals surface area (Å²) < 4.78 is 16.7. The number of piperazine rings is 1. The molecule has 4 rings (SSSR count). The van der Waals surface area contributed by atoms with Crippen molar-refractivity contribution in [1.82, 2.24) is 9.47 Å². The van der Waals surface area contributed by atoms with Crippen LogP contribution in [-0.4, -0.2) is 59.5 Å². The molecule has 3 heterocycles. The molecule has 0 bridgehead atoms. The number of carboxylic acid groups (broad SMARTS) is 1. The lowest BCUT2D eigenvalue weighted by atomic mass is 10.1. The molecule has 8 heteroatoms. The Kier molecular flexibility index (Phi) is 4.19. The fraction of sp³-hybridized carbons (Fsp3) is 0.444. The summed E-state index contributed by atoms with van der Waals surface area (Å²) in [6.07, 6.45) is 0. The summed E-state index contributed by atoms with van der Waals surface area (Å²) in [7, 11) is 2.03. The van der Waals surface area contributed by atoms with Crippen LogP contribution < -0.4 is 10.3 Å². The molecular formula is C18H20FN3O3S. The van der Waals surface area contributed by atoms with Gasteiger partial charge < -0.3 is 19.5 Å². The molecule has 1 atom stereocenters. The maximum Gasteiger partial charge on any atom is 0.342 e. The summed E-state index contributed by atoms with van der Waals surface area (Å²) in [6.45, 7) is 5.11. The molecular weight excluding hydrogens is 357 g/mol. The van der Waals surface area contributed by atoms with Gasteiger partial charge in [-0.15, -0.1) is 11.8 Å². The highest BCUT2D eigenvalue weighted by atomic mass is 32.2. The Morgan fingerprint density at radius 2 is 1.96 bits per heavy atom. The molecule has 6 nitrogen and oxygen atoms in total. The number of fused-ring (bicyclic) bond motifs is 3. The number of nitrogens with zero attached hydrogens (tertiary/aromatic N) is 3. The first-order chi connectivity index (χ1) is 12.4. The molecule has 2 aliphatic heterocycles. The summed E-state index contributed by atoms with van der Waals surface area (Å²) in [5.41, 5.74) is 0.234. The van der Waals surface area contributed by atoms with Crippen molar-refractivity contribution >= 4 is 34.3 Å². The number of benzene rings is 1. The molecule has 0 amide bonds. The number of pyridine rings is 1. The van der Waals surface area contributed by atoms with E-state index in [1.54, 1.807) is 6.07 Å². The Bertz CT molecular complexity index is 967. The van der Waals surface area contributed by atoms with Gasteiger partial charge in [-0.1, -0.05) is 0 Å². The standard InChI is InChI=1S/C18H20FN3O3S/c1-10-9-26-17-15(18(24)25)16(23)11-7-12(19)14(8-13(11)22(10)17)21-5-3-20(2)4-6-21/h7-8,10H,3-6,9H2,1-2H3,(H,24,25). The molecule has 1 aromatic heterocycles. The Morgan fingerprint density at radius 3 is 2.62 bits per heavy atom. The zero-order chi connectivity index (χ0) is 18.6. The molecule has 2 aliphatic rings. The zero-order valence-electron chi connectivity index (χ0n) is 14.7. The molecule has 1 unspecified atom stereocenters. The van der Waals surface area contributed by atoms with Gasteiger partial charge in [0, 0.05) is 43.4 Å². The van der Waals surface area contributed by atoms with E-state index in [-0.39, 0.29) is 17.0 Å². The van der Waals surface area contributed by atoms with Gasteiger partial charge in [0.05, 0.1) is 16.2 Å². The molecule has 0 saturated carbocycles. The smallest absolute Gasteiger partial charge is 0.342 e. The quantitative estimate of drug-likeness (QED) is 0.866. The highest BCUT2D eigenvalue weighted by molar-refractivity contribution is 7.99. The third-order valence-corrected chi connectivity index (χ3v) is 6.51. The van der Waals surface area contributed by atoms with E-state index in [2.05, 4.69) is 4.90 Å². The Labute approximate surface area is 154 Å². The first-order valence-corrected chi connectivity index (χ1v) is 9.58. The maximum atomic E-state index is 14.8. The van der Waals surface area contributed by atoms with Crippen LogP contribution in [0, 0.1) is 5.82 Å². The number of aromatic carboxylic acids is 1. The second-order valence-electron chi connectivity index (χ2n) is 6.96. The number of thioether (sulfide) groups is 1. The van der Waals surface area contributed by atoms with Gasteiger partial charge in [0.2, 0.25) is 5.43 Å². The molecule has 0 spiro atoms. The van der Waals surface area contributed by atoms with E-state index in [1.807, 2.05) is 23.4 Å². The van der Waals surface area contributed by atoms with E-state index in [9.17, 15) is 19.1 Å². The van der Waals surface area contributed by atoms with Crippen molar-refractivity contribution < 1.29 is 14.3 Å². The first kappa shape index (κ1) is 17.4. The first-order valence-electron chi connectivity index (χ1n) is 8.60. The fourth-order valence-corrected chi connectivity index (χ4v) is 5.02. The number of anilines is 1. The van der Waals surface area contributed by atoms with Crippen LogP contribution in [0.25, 0.3) is 10.9 Å². The molecule has 1 saturated heterocycles. The number of hydrogen-bond donors (Lipinski definition) is 1. The maximum absolute atomic E-state index is 14.8. The van der Waals surface area contributed by atoms with Crippen LogP contribution in [0.5, 0.6) is 0 Å². The molecule has 0 aliphatic carbocycles. The van der Waals surface area contributed by atoms with Crippen LogP contribution in [0.2, 0.25) is 0 Å².